The lowest BCUT2D eigenvalue weighted by Crippen LogP contribution is -2.30. The molecule has 1 aromatic carbocycles. The highest BCUT2D eigenvalue weighted by molar-refractivity contribution is 6.32. The van der Waals surface area contributed by atoms with E-state index in [1.165, 1.54) is 4.90 Å². The van der Waals surface area contributed by atoms with Gasteiger partial charge in [-0.15, -0.1) is 6.42 Å². The van der Waals surface area contributed by atoms with Crippen LogP contribution in [-0.2, 0) is 4.74 Å². The molecular formula is C16H21ClN2O3. The molecule has 1 N–H and O–H groups in total. The zero-order valence-electron chi connectivity index (χ0n) is 13.4. The van der Waals surface area contributed by atoms with Crippen LogP contribution < -0.4 is 10.1 Å². The standard InChI is InChI=1S/C16H21ClN2O3/c1-7-16(3,4)22-11(2)21-14-9-8-12(10-13(14)17)18-15(20)19(5)6/h1,8-11H,2-6H3,(H,18,20). The first-order chi connectivity index (χ1) is 10.1. The normalized spacial score (nSPS) is 12.2. The lowest BCUT2D eigenvalue weighted by atomic mass is 10.1. The first kappa shape index (κ1) is 18.1. The van der Waals surface area contributed by atoms with Crippen molar-refractivity contribution < 1.29 is 14.3 Å². The van der Waals surface area contributed by atoms with Crippen molar-refractivity contribution in [2.75, 3.05) is 19.4 Å². The van der Waals surface area contributed by atoms with Crippen molar-refractivity contribution in [1.82, 2.24) is 4.90 Å². The van der Waals surface area contributed by atoms with Crippen molar-refractivity contribution >= 4 is 23.3 Å². The van der Waals surface area contributed by atoms with E-state index in [-0.39, 0.29) is 6.03 Å². The molecule has 0 saturated carbocycles. The van der Waals surface area contributed by atoms with Gasteiger partial charge in [-0.3, -0.25) is 0 Å². The van der Waals surface area contributed by atoms with Crippen molar-refractivity contribution in [2.24, 2.45) is 0 Å². The second-order valence-corrected chi connectivity index (χ2v) is 5.83. The predicted octanol–water partition coefficient (Wildman–Crippen LogP) is 3.59. The number of terminal acetylenes is 1. The molecule has 1 rings (SSSR count). The minimum atomic E-state index is -0.731. The van der Waals surface area contributed by atoms with Crippen molar-refractivity contribution in [3.63, 3.8) is 0 Å². The van der Waals surface area contributed by atoms with Crippen LogP contribution in [0.1, 0.15) is 20.8 Å². The van der Waals surface area contributed by atoms with Crippen LogP contribution in [0.3, 0.4) is 0 Å². The minimum Gasteiger partial charge on any atom is -0.464 e. The molecule has 0 bridgehead atoms. The van der Waals surface area contributed by atoms with Crippen LogP contribution in [0.5, 0.6) is 5.75 Å². The monoisotopic (exact) mass is 324 g/mol. The van der Waals surface area contributed by atoms with Gasteiger partial charge in [0.1, 0.15) is 11.4 Å². The number of nitrogens with one attached hydrogen (secondary N) is 1. The minimum absolute atomic E-state index is 0.239. The molecule has 1 aromatic rings. The number of nitrogens with zero attached hydrogens (tertiary/aromatic N) is 1. The van der Waals surface area contributed by atoms with Gasteiger partial charge in [-0.1, -0.05) is 17.5 Å². The van der Waals surface area contributed by atoms with Gasteiger partial charge in [0.25, 0.3) is 0 Å². The first-order valence-electron chi connectivity index (χ1n) is 6.74. The Bertz CT molecular complexity index is 579. The van der Waals surface area contributed by atoms with Gasteiger partial charge >= 0.3 is 6.03 Å². The van der Waals surface area contributed by atoms with Gasteiger partial charge in [-0.05, 0) is 39.0 Å². The molecule has 0 radical (unpaired) electrons. The van der Waals surface area contributed by atoms with Gasteiger partial charge in [0.05, 0.1) is 5.02 Å². The largest absolute Gasteiger partial charge is 0.464 e. The molecule has 0 aromatic heterocycles. The summed E-state index contributed by atoms with van der Waals surface area (Å²) in [5.74, 6) is 2.98. The fraction of sp³-hybridized carbons (Fsp3) is 0.438. The Morgan fingerprint density at radius 3 is 2.59 bits per heavy atom. The van der Waals surface area contributed by atoms with Crippen molar-refractivity contribution in [2.45, 2.75) is 32.7 Å². The maximum absolute atomic E-state index is 11.6. The molecule has 0 heterocycles. The zero-order valence-corrected chi connectivity index (χ0v) is 14.2. The number of carbonyl (C=O) groups excluding carboxylic acids is 1. The van der Waals surface area contributed by atoms with Gasteiger partial charge < -0.3 is 19.7 Å². The van der Waals surface area contributed by atoms with E-state index >= 15 is 0 Å². The Kier molecular flexibility index (Phi) is 6.10. The zero-order chi connectivity index (χ0) is 16.9. The van der Waals surface area contributed by atoms with Crippen LogP contribution in [0.4, 0.5) is 10.5 Å². The maximum atomic E-state index is 11.6. The molecule has 0 spiro atoms. The van der Waals surface area contributed by atoms with Crippen molar-refractivity contribution in [1.29, 1.82) is 0 Å². The topological polar surface area (TPSA) is 50.8 Å². The van der Waals surface area contributed by atoms with Crippen molar-refractivity contribution in [3.8, 4) is 18.1 Å². The van der Waals surface area contributed by atoms with E-state index in [0.29, 0.717) is 16.5 Å². The Morgan fingerprint density at radius 2 is 2.09 bits per heavy atom. The first-order valence-corrected chi connectivity index (χ1v) is 7.12. The van der Waals surface area contributed by atoms with Crippen LogP contribution in [-0.4, -0.2) is 36.9 Å². The molecular weight excluding hydrogens is 304 g/mol. The maximum Gasteiger partial charge on any atom is 0.321 e. The fourth-order valence-corrected chi connectivity index (χ4v) is 1.79. The lowest BCUT2D eigenvalue weighted by Gasteiger charge is -2.25. The third-order valence-electron chi connectivity index (χ3n) is 2.69. The van der Waals surface area contributed by atoms with Crippen molar-refractivity contribution in [3.05, 3.63) is 23.2 Å². The quantitative estimate of drug-likeness (QED) is 0.665. The molecule has 0 aliphatic carbocycles. The van der Waals surface area contributed by atoms with Crippen LogP contribution in [0.15, 0.2) is 18.2 Å². The number of rotatable bonds is 5. The van der Waals surface area contributed by atoms with E-state index in [1.54, 1.807) is 53.1 Å². The highest BCUT2D eigenvalue weighted by atomic mass is 35.5. The molecule has 6 heteroatoms. The number of halogens is 1. The average molecular weight is 325 g/mol. The van der Waals surface area contributed by atoms with Gasteiger partial charge in [0.2, 0.25) is 0 Å². The number of benzene rings is 1. The Balaban J connectivity index is 2.74. The summed E-state index contributed by atoms with van der Waals surface area (Å²) in [6, 6.07) is 4.73. The Morgan fingerprint density at radius 1 is 1.45 bits per heavy atom. The SMILES string of the molecule is C#CC(C)(C)OC(C)Oc1ccc(NC(=O)N(C)C)cc1Cl. The second kappa shape index (κ2) is 7.39. The number of amides is 2. The number of anilines is 1. The summed E-state index contributed by atoms with van der Waals surface area (Å²) < 4.78 is 11.2. The van der Waals surface area contributed by atoms with E-state index in [1.807, 2.05) is 0 Å². The number of ether oxygens (including phenoxy) is 2. The number of carbonyl (C=O) groups is 1. The predicted molar refractivity (Wildman–Crippen MR) is 88.2 cm³/mol. The molecule has 0 saturated heterocycles. The lowest BCUT2D eigenvalue weighted by molar-refractivity contribution is -0.123. The highest BCUT2D eigenvalue weighted by Gasteiger charge is 2.20. The second-order valence-electron chi connectivity index (χ2n) is 5.43. The van der Waals surface area contributed by atoms with Gasteiger partial charge in [-0.2, -0.15) is 0 Å². The summed E-state index contributed by atoms with van der Waals surface area (Å²) in [5.41, 5.74) is -0.153. The molecule has 120 valence electrons. The van der Waals surface area contributed by atoms with E-state index < -0.39 is 11.9 Å². The van der Waals surface area contributed by atoms with Crippen LogP contribution in [0, 0.1) is 12.3 Å². The summed E-state index contributed by atoms with van der Waals surface area (Å²) in [6.45, 7) is 5.28. The summed E-state index contributed by atoms with van der Waals surface area (Å²) in [7, 11) is 3.31. The molecule has 1 unspecified atom stereocenters. The third-order valence-corrected chi connectivity index (χ3v) is 2.99. The van der Waals surface area contributed by atoms with E-state index in [4.69, 9.17) is 27.5 Å². The number of urea groups is 1. The molecule has 0 aliphatic rings. The van der Waals surface area contributed by atoms with Gasteiger partial charge in [0.15, 0.2) is 6.29 Å². The molecule has 5 nitrogen and oxygen atoms in total. The van der Waals surface area contributed by atoms with Gasteiger partial charge in [-0.25, -0.2) is 4.79 Å². The van der Waals surface area contributed by atoms with Gasteiger partial charge in [0, 0.05) is 19.8 Å². The summed E-state index contributed by atoms with van der Waals surface area (Å²) in [5, 5.41) is 3.07. The Labute approximate surface area is 136 Å². The highest BCUT2D eigenvalue weighted by Crippen LogP contribution is 2.29. The summed E-state index contributed by atoms with van der Waals surface area (Å²) >= 11 is 6.16. The molecule has 0 fully saturated rings. The van der Waals surface area contributed by atoms with Crippen LogP contribution in [0.25, 0.3) is 0 Å². The number of hydrogen-bond donors (Lipinski definition) is 1. The molecule has 1 atom stereocenters. The average Bonchev–Trinajstić information content (AvgIpc) is 2.41. The van der Waals surface area contributed by atoms with E-state index in [0.717, 1.165) is 0 Å². The number of hydrogen-bond acceptors (Lipinski definition) is 3. The Hall–Kier alpha value is -1.90. The molecule has 0 aliphatic heterocycles. The molecule has 22 heavy (non-hydrogen) atoms. The van der Waals surface area contributed by atoms with Crippen LogP contribution in [0.2, 0.25) is 5.02 Å². The third kappa shape index (κ3) is 5.47. The molecule has 2 amide bonds. The fourth-order valence-electron chi connectivity index (χ4n) is 1.56. The van der Waals surface area contributed by atoms with E-state index in [2.05, 4.69) is 11.2 Å². The summed E-state index contributed by atoms with van der Waals surface area (Å²) in [4.78, 5) is 13.0. The smallest absolute Gasteiger partial charge is 0.321 e. The summed E-state index contributed by atoms with van der Waals surface area (Å²) in [6.07, 6.45) is 4.80. The van der Waals surface area contributed by atoms with Crippen LogP contribution >= 0.6 is 11.6 Å². The van der Waals surface area contributed by atoms with E-state index in [9.17, 15) is 4.79 Å².